The number of rotatable bonds is 15. The minimum absolute atomic E-state index is 0.469. The quantitative estimate of drug-likeness (QED) is 0.132. The maximum atomic E-state index is 13.0. The first-order chi connectivity index (χ1) is 17.8. The number of nitrogens with one attached hydrogen (secondary N) is 4. The summed E-state index contributed by atoms with van der Waals surface area (Å²) in [6.07, 6.45) is -4.10. The Kier molecular flexibility index (Phi) is 14.2. The molecule has 7 N–H and O–H groups in total. The predicted octanol–water partition coefficient (Wildman–Crippen LogP) is -0.648. The van der Waals surface area contributed by atoms with Gasteiger partial charge in [-0.05, 0) is 33.1 Å². The lowest BCUT2D eigenvalue weighted by Gasteiger charge is -2.26. The smallest absolute Gasteiger partial charge is 0.408 e. The standard InChI is InChI=1S/C23H36N4O12/c1-11(2)18(21(37)26-14(28)7-9-16(31)32)27-19(35)12(6-8-15(29)30)24-20(36)13(10-17(33)34)25-22(38)39-23(3,4)5/h11-13,18H,6-10H2,1-5H3,(H,24,36)(H,25,38)(H,27,35)(H,29,30)(H,31,32)(H,33,34)(H,26,28,37)/t12-,13-,18-/m0/s1. The highest BCUT2D eigenvalue weighted by Crippen LogP contribution is 2.09. The van der Waals surface area contributed by atoms with Crippen LogP contribution >= 0.6 is 0 Å². The Hall–Kier alpha value is -4.24. The number of alkyl carbamates (subject to hydrolysis) is 1. The Bertz CT molecular complexity index is 957. The van der Waals surface area contributed by atoms with Gasteiger partial charge in [0.05, 0.1) is 12.8 Å². The van der Waals surface area contributed by atoms with Crippen molar-refractivity contribution in [3.05, 3.63) is 0 Å². The van der Waals surface area contributed by atoms with Crippen molar-refractivity contribution in [3.63, 3.8) is 0 Å². The van der Waals surface area contributed by atoms with Gasteiger partial charge in [-0.25, -0.2) is 4.79 Å². The molecule has 39 heavy (non-hydrogen) atoms. The Balaban J connectivity index is 5.71. The summed E-state index contributed by atoms with van der Waals surface area (Å²) < 4.78 is 5.01. The molecular weight excluding hydrogens is 524 g/mol. The van der Waals surface area contributed by atoms with Gasteiger partial charge in [0, 0.05) is 12.8 Å². The molecule has 0 radical (unpaired) electrons. The molecule has 0 aliphatic heterocycles. The zero-order valence-corrected chi connectivity index (χ0v) is 22.4. The van der Waals surface area contributed by atoms with Crippen molar-refractivity contribution in [1.29, 1.82) is 0 Å². The van der Waals surface area contributed by atoms with Crippen LogP contribution in [0.3, 0.4) is 0 Å². The summed E-state index contributed by atoms with van der Waals surface area (Å²) in [6.45, 7) is 7.64. The van der Waals surface area contributed by atoms with Gasteiger partial charge in [0.15, 0.2) is 0 Å². The van der Waals surface area contributed by atoms with E-state index in [0.29, 0.717) is 0 Å². The second-order valence-corrected chi connectivity index (χ2v) is 9.83. The van der Waals surface area contributed by atoms with Crippen molar-refractivity contribution in [2.24, 2.45) is 5.92 Å². The first-order valence-electron chi connectivity index (χ1n) is 11.9. The van der Waals surface area contributed by atoms with Crippen LogP contribution in [0.4, 0.5) is 4.79 Å². The Morgan fingerprint density at radius 2 is 1.23 bits per heavy atom. The molecule has 3 atom stereocenters. The van der Waals surface area contributed by atoms with Gasteiger partial charge in [-0.1, -0.05) is 13.8 Å². The number of aliphatic carboxylic acids is 3. The number of carbonyl (C=O) groups is 8. The Labute approximate surface area is 224 Å². The van der Waals surface area contributed by atoms with Crippen LogP contribution in [0.25, 0.3) is 0 Å². The van der Waals surface area contributed by atoms with Crippen LogP contribution in [0.15, 0.2) is 0 Å². The van der Waals surface area contributed by atoms with Gasteiger partial charge < -0.3 is 36.0 Å². The molecule has 0 unspecified atom stereocenters. The molecule has 0 aromatic rings. The zero-order valence-electron chi connectivity index (χ0n) is 22.4. The molecule has 16 nitrogen and oxygen atoms in total. The fraction of sp³-hybridized carbons (Fsp3) is 0.652. The predicted molar refractivity (Wildman–Crippen MR) is 131 cm³/mol. The van der Waals surface area contributed by atoms with E-state index in [9.17, 15) is 38.4 Å². The molecule has 0 saturated carbocycles. The monoisotopic (exact) mass is 560 g/mol. The average molecular weight is 561 g/mol. The van der Waals surface area contributed by atoms with Crippen molar-refractivity contribution in [2.45, 2.75) is 90.4 Å². The molecule has 0 spiro atoms. The summed E-state index contributed by atoms with van der Waals surface area (Å²) in [7, 11) is 0. The first-order valence-corrected chi connectivity index (χ1v) is 11.9. The fourth-order valence-electron chi connectivity index (χ4n) is 2.93. The molecule has 0 aliphatic rings. The van der Waals surface area contributed by atoms with Gasteiger partial charge in [0.25, 0.3) is 0 Å². The van der Waals surface area contributed by atoms with E-state index < -0.39 is 109 Å². The highest BCUT2D eigenvalue weighted by atomic mass is 16.6. The van der Waals surface area contributed by atoms with Crippen LogP contribution in [0.5, 0.6) is 0 Å². The van der Waals surface area contributed by atoms with Gasteiger partial charge in [-0.3, -0.25) is 38.9 Å². The molecule has 0 fully saturated rings. The summed E-state index contributed by atoms with van der Waals surface area (Å²) in [5.74, 6) is -8.68. The molecule has 0 bridgehead atoms. The van der Waals surface area contributed by atoms with Crippen molar-refractivity contribution < 1.29 is 58.4 Å². The number of hydrogen-bond acceptors (Lipinski definition) is 9. The van der Waals surface area contributed by atoms with Crippen molar-refractivity contribution >= 4 is 47.6 Å². The average Bonchev–Trinajstić information content (AvgIpc) is 2.75. The summed E-state index contributed by atoms with van der Waals surface area (Å²) in [5.41, 5.74) is -0.973. The minimum Gasteiger partial charge on any atom is -0.481 e. The van der Waals surface area contributed by atoms with E-state index in [1.807, 2.05) is 5.32 Å². The lowest BCUT2D eigenvalue weighted by Crippen LogP contribution is -2.58. The maximum Gasteiger partial charge on any atom is 0.408 e. The molecule has 220 valence electrons. The number of ether oxygens (including phenoxy) is 1. The maximum absolute atomic E-state index is 13.0. The molecule has 0 rings (SSSR count). The van der Waals surface area contributed by atoms with Gasteiger partial charge in [-0.2, -0.15) is 0 Å². The van der Waals surface area contributed by atoms with Gasteiger partial charge in [0.2, 0.25) is 23.6 Å². The SMILES string of the molecule is CC(C)[C@H](NC(=O)[C@H](CCC(=O)O)NC(=O)[C@H](CC(=O)O)NC(=O)OC(C)(C)C)C(=O)NC(=O)CCC(=O)O. The number of hydrogen-bond donors (Lipinski definition) is 7. The van der Waals surface area contributed by atoms with E-state index >= 15 is 0 Å². The molecular formula is C23H36N4O12. The number of carbonyl (C=O) groups excluding carboxylic acids is 5. The number of carboxylic acids is 3. The highest BCUT2D eigenvalue weighted by Gasteiger charge is 2.33. The van der Waals surface area contributed by atoms with Crippen LogP contribution in [0, 0.1) is 5.92 Å². The van der Waals surface area contributed by atoms with E-state index in [4.69, 9.17) is 20.1 Å². The Morgan fingerprint density at radius 3 is 1.69 bits per heavy atom. The first kappa shape index (κ1) is 34.8. The van der Waals surface area contributed by atoms with Crippen molar-refractivity contribution in [1.82, 2.24) is 21.3 Å². The fourth-order valence-corrected chi connectivity index (χ4v) is 2.93. The Morgan fingerprint density at radius 1 is 0.692 bits per heavy atom. The van der Waals surface area contributed by atoms with Crippen LogP contribution < -0.4 is 21.3 Å². The second kappa shape index (κ2) is 15.9. The molecule has 0 heterocycles. The normalized spacial score (nSPS) is 13.3. The summed E-state index contributed by atoms with van der Waals surface area (Å²) in [6, 6.07) is -4.62. The number of amides is 5. The molecule has 5 amide bonds. The lowest BCUT2D eigenvalue weighted by molar-refractivity contribution is -0.141. The van der Waals surface area contributed by atoms with E-state index in [0.717, 1.165) is 0 Å². The molecule has 0 aromatic carbocycles. The van der Waals surface area contributed by atoms with E-state index in [1.54, 1.807) is 0 Å². The minimum atomic E-state index is -1.70. The van der Waals surface area contributed by atoms with Crippen LogP contribution in [0.1, 0.15) is 66.7 Å². The summed E-state index contributed by atoms with van der Waals surface area (Å²) >= 11 is 0. The molecule has 16 heteroatoms. The second-order valence-electron chi connectivity index (χ2n) is 9.83. The van der Waals surface area contributed by atoms with Crippen LogP contribution in [-0.4, -0.2) is 86.7 Å². The third kappa shape index (κ3) is 15.6. The van der Waals surface area contributed by atoms with E-state index in [2.05, 4.69) is 16.0 Å². The topological polar surface area (TPSA) is 255 Å². The van der Waals surface area contributed by atoms with Gasteiger partial charge in [0.1, 0.15) is 23.7 Å². The van der Waals surface area contributed by atoms with Gasteiger partial charge in [-0.15, -0.1) is 0 Å². The third-order valence-corrected chi connectivity index (χ3v) is 4.74. The zero-order chi connectivity index (χ0) is 30.5. The van der Waals surface area contributed by atoms with E-state index in [1.165, 1.54) is 34.6 Å². The van der Waals surface area contributed by atoms with Crippen LogP contribution in [0.2, 0.25) is 0 Å². The van der Waals surface area contributed by atoms with Crippen molar-refractivity contribution in [3.8, 4) is 0 Å². The van der Waals surface area contributed by atoms with Crippen molar-refractivity contribution in [2.75, 3.05) is 0 Å². The van der Waals surface area contributed by atoms with E-state index in [-0.39, 0.29) is 0 Å². The highest BCUT2D eigenvalue weighted by molar-refractivity contribution is 6.01. The largest absolute Gasteiger partial charge is 0.481 e. The number of imide groups is 1. The number of carboxylic acid groups (broad SMARTS) is 3. The summed E-state index contributed by atoms with van der Waals surface area (Å²) in [5, 5.41) is 35.4. The molecule has 0 saturated heterocycles. The van der Waals surface area contributed by atoms with Crippen LogP contribution in [-0.2, 0) is 38.3 Å². The third-order valence-electron chi connectivity index (χ3n) is 4.74. The summed E-state index contributed by atoms with van der Waals surface area (Å²) in [4.78, 5) is 95.2. The lowest BCUT2D eigenvalue weighted by atomic mass is 10.0. The molecule has 0 aromatic heterocycles. The molecule has 0 aliphatic carbocycles. The van der Waals surface area contributed by atoms with Gasteiger partial charge >= 0.3 is 24.0 Å².